The molecule has 0 radical (unpaired) electrons. The van der Waals surface area contributed by atoms with Gasteiger partial charge in [-0.1, -0.05) is 29.8 Å². The van der Waals surface area contributed by atoms with Gasteiger partial charge in [-0.2, -0.15) is 0 Å². The summed E-state index contributed by atoms with van der Waals surface area (Å²) in [7, 11) is 1.52. The quantitative estimate of drug-likeness (QED) is 0.629. The molecule has 0 amide bonds. The summed E-state index contributed by atoms with van der Waals surface area (Å²) in [5.74, 6) is -0.0451. The molecule has 4 aliphatic heterocycles. The van der Waals surface area contributed by atoms with Crippen LogP contribution in [0.4, 0.5) is 5.69 Å². The lowest BCUT2D eigenvalue weighted by Crippen LogP contribution is -2.73. The minimum atomic E-state index is -0.490. The Bertz CT molecular complexity index is 836. The van der Waals surface area contributed by atoms with Gasteiger partial charge < -0.3 is 14.8 Å². The molecule has 1 spiro atoms. The first-order valence-electron chi connectivity index (χ1n) is 9.20. The summed E-state index contributed by atoms with van der Waals surface area (Å²) in [6.07, 6.45) is 4.10. The molecule has 0 unspecified atom stereocenters. The van der Waals surface area contributed by atoms with Gasteiger partial charge in [0.05, 0.1) is 24.5 Å². The first kappa shape index (κ1) is 14.3. The van der Waals surface area contributed by atoms with Crippen LogP contribution in [0.3, 0.4) is 0 Å². The molecule has 5 heteroatoms. The van der Waals surface area contributed by atoms with E-state index in [1.54, 1.807) is 0 Å². The van der Waals surface area contributed by atoms with E-state index in [0.29, 0.717) is 6.04 Å². The zero-order chi connectivity index (χ0) is 17.0. The Morgan fingerprint density at radius 1 is 1.44 bits per heavy atom. The molecule has 1 saturated carbocycles. The fourth-order valence-corrected chi connectivity index (χ4v) is 6.75. The Morgan fingerprint density at radius 2 is 2.28 bits per heavy atom. The molecule has 4 heterocycles. The van der Waals surface area contributed by atoms with Crippen LogP contribution in [0.5, 0.6) is 0 Å². The molecule has 25 heavy (non-hydrogen) atoms. The highest BCUT2D eigenvalue weighted by Gasteiger charge is 2.82. The molecule has 4 bridgehead atoms. The number of nitrogens with one attached hydrogen (secondary N) is 1. The lowest BCUT2D eigenvalue weighted by molar-refractivity contribution is -0.161. The van der Waals surface area contributed by atoms with Gasteiger partial charge in [0.2, 0.25) is 0 Å². The van der Waals surface area contributed by atoms with Crippen LogP contribution in [0, 0.1) is 11.8 Å². The van der Waals surface area contributed by atoms with Crippen molar-refractivity contribution in [3.63, 3.8) is 0 Å². The molecule has 130 valence electrons. The molecular weight excluding hydrogens is 316 g/mol. The van der Waals surface area contributed by atoms with Crippen molar-refractivity contribution in [3.8, 4) is 0 Å². The number of para-hydroxylation sites is 1. The van der Waals surface area contributed by atoms with Crippen LogP contribution < -0.4 is 5.32 Å². The lowest BCUT2D eigenvalue weighted by atomic mass is 9.49. The lowest BCUT2D eigenvalue weighted by Gasteiger charge is -2.60. The summed E-state index contributed by atoms with van der Waals surface area (Å²) in [5.41, 5.74) is 2.89. The number of benzene rings is 1. The van der Waals surface area contributed by atoms with Crippen LogP contribution in [0.25, 0.3) is 0 Å². The predicted octanol–water partition coefficient (Wildman–Crippen LogP) is 2.25. The van der Waals surface area contributed by atoms with E-state index in [9.17, 15) is 4.79 Å². The largest absolute Gasteiger partial charge is 0.469 e. The number of ether oxygens (including phenoxy) is 2. The third-order valence-electron chi connectivity index (χ3n) is 7.53. The number of carbonyl (C=O) groups is 1. The number of rotatable bonds is 1. The minimum absolute atomic E-state index is 0.0780. The van der Waals surface area contributed by atoms with E-state index in [-0.39, 0.29) is 29.4 Å². The number of fused-ring (bicyclic) bond motifs is 4. The highest BCUT2D eigenvalue weighted by molar-refractivity contribution is 5.81. The van der Waals surface area contributed by atoms with Crippen LogP contribution in [0.1, 0.15) is 25.3 Å². The van der Waals surface area contributed by atoms with Crippen molar-refractivity contribution in [1.29, 1.82) is 0 Å². The van der Waals surface area contributed by atoms with Crippen molar-refractivity contribution >= 4 is 11.7 Å². The molecule has 6 rings (SSSR count). The number of hydrogen-bond donors (Lipinski definition) is 1. The average Bonchev–Trinajstić information content (AvgIpc) is 3.22. The first-order chi connectivity index (χ1) is 12.2. The fourth-order valence-electron chi connectivity index (χ4n) is 6.75. The molecule has 5 nitrogen and oxygen atoms in total. The average molecular weight is 338 g/mol. The monoisotopic (exact) mass is 338 g/mol. The van der Waals surface area contributed by atoms with Crippen LogP contribution in [-0.4, -0.2) is 42.5 Å². The number of carbonyl (C=O) groups excluding carboxylic acids is 1. The normalized spacial score (nSPS) is 46.9. The van der Waals surface area contributed by atoms with E-state index in [0.717, 1.165) is 25.1 Å². The second-order valence-electron chi connectivity index (χ2n) is 8.05. The molecule has 0 aromatic heterocycles. The molecule has 1 aromatic rings. The Hall–Kier alpha value is -1.85. The zero-order valence-corrected chi connectivity index (χ0v) is 14.5. The van der Waals surface area contributed by atoms with Gasteiger partial charge in [0, 0.05) is 18.7 Å². The molecule has 4 fully saturated rings. The van der Waals surface area contributed by atoms with E-state index >= 15 is 0 Å². The van der Waals surface area contributed by atoms with E-state index in [4.69, 9.17) is 9.47 Å². The summed E-state index contributed by atoms with van der Waals surface area (Å²) in [6, 6.07) is 8.74. The second-order valence-corrected chi connectivity index (χ2v) is 8.05. The zero-order valence-electron chi connectivity index (χ0n) is 14.5. The topological polar surface area (TPSA) is 50.8 Å². The van der Waals surface area contributed by atoms with Gasteiger partial charge in [0.15, 0.2) is 5.72 Å². The van der Waals surface area contributed by atoms with Crippen molar-refractivity contribution in [2.24, 2.45) is 11.8 Å². The Labute approximate surface area is 147 Å². The molecule has 1 N–H and O–H groups in total. The number of nitrogens with zero attached hydrogens (tertiary/aromatic N) is 1. The third kappa shape index (κ3) is 1.30. The Morgan fingerprint density at radius 3 is 3.08 bits per heavy atom. The third-order valence-corrected chi connectivity index (χ3v) is 7.53. The van der Waals surface area contributed by atoms with Gasteiger partial charge in [0.25, 0.3) is 0 Å². The molecule has 5 aliphatic rings. The standard InChI is InChI=1S/C20H22N2O3/c1-3-11-10-22-15-8-12(11)17(18(23)24-2)19-9-16(22)25-20(15,19)21-14-7-5-4-6-13(14)19/h3-7,12,15-17,21H,8-10H2,1-2H3/b11-3-/t12-,15-,16-,17-,19-,20-/m0/s1. The molecule has 1 aliphatic carbocycles. The van der Waals surface area contributed by atoms with Gasteiger partial charge >= 0.3 is 5.97 Å². The molecule has 6 atom stereocenters. The SMILES string of the molecule is C/C=C1/CN2[C@@H]3C[C@@]45c6ccccc6N[C@]4(O3)[C@@H]2C[C@@H]1[C@H]5C(=O)OC. The van der Waals surface area contributed by atoms with Gasteiger partial charge in [0.1, 0.15) is 6.23 Å². The number of esters is 1. The number of methoxy groups -OCH3 is 1. The highest BCUT2D eigenvalue weighted by Crippen LogP contribution is 2.72. The van der Waals surface area contributed by atoms with Crippen molar-refractivity contribution in [1.82, 2.24) is 4.90 Å². The van der Waals surface area contributed by atoms with Gasteiger partial charge in [-0.25, -0.2) is 0 Å². The summed E-state index contributed by atoms with van der Waals surface area (Å²) in [5, 5.41) is 3.73. The summed E-state index contributed by atoms with van der Waals surface area (Å²) >= 11 is 0. The maximum atomic E-state index is 13.1. The number of piperidine rings is 2. The molecule has 3 saturated heterocycles. The molecular formula is C20H22N2O3. The first-order valence-corrected chi connectivity index (χ1v) is 9.20. The molecule has 1 aromatic carbocycles. The number of allylic oxidation sites excluding steroid dienone is 1. The summed E-state index contributed by atoms with van der Waals surface area (Å²) in [6.45, 7) is 2.99. The predicted molar refractivity (Wildman–Crippen MR) is 91.8 cm³/mol. The van der Waals surface area contributed by atoms with E-state index in [1.807, 2.05) is 0 Å². The minimum Gasteiger partial charge on any atom is -0.469 e. The van der Waals surface area contributed by atoms with Crippen molar-refractivity contribution in [3.05, 3.63) is 41.5 Å². The van der Waals surface area contributed by atoms with Gasteiger partial charge in [-0.15, -0.1) is 0 Å². The maximum absolute atomic E-state index is 13.1. The fraction of sp³-hybridized carbons (Fsp3) is 0.550. The van der Waals surface area contributed by atoms with Crippen LogP contribution in [0.15, 0.2) is 35.9 Å². The van der Waals surface area contributed by atoms with E-state index in [1.165, 1.54) is 18.2 Å². The Kier molecular flexibility index (Phi) is 2.45. The van der Waals surface area contributed by atoms with Crippen molar-refractivity contribution in [2.45, 2.75) is 43.2 Å². The summed E-state index contributed by atoms with van der Waals surface area (Å²) < 4.78 is 12.0. The van der Waals surface area contributed by atoms with Crippen LogP contribution in [0.2, 0.25) is 0 Å². The van der Waals surface area contributed by atoms with Crippen molar-refractivity contribution < 1.29 is 14.3 Å². The van der Waals surface area contributed by atoms with Crippen LogP contribution in [-0.2, 0) is 19.7 Å². The second kappa shape index (κ2) is 4.27. The van der Waals surface area contributed by atoms with E-state index < -0.39 is 5.72 Å². The van der Waals surface area contributed by atoms with Crippen molar-refractivity contribution in [2.75, 3.05) is 19.0 Å². The van der Waals surface area contributed by atoms with Gasteiger partial charge in [-0.3, -0.25) is 9.69 Å². The number of hydrogen-bond acceptors (Lipinski definition) is 5. The highest BCUT2D eigenvalue weighted by atomic mass is 16.6. The maximum Gasteiger partial charge on any atom is 0.310 e. The van der Waals surface area contributed by atoms with Gasteiger partial charge in [-0.05, 0) is 30.9 Å². The summed E-state index contributed by atoms with van der Waals surface area (Å²) in [4.78, 5) is 15.6. The van der Waals surface area contributed by atoms with Crippen LogP contribution >= 0.6 is 0 Å². The Balaban J connectivity index is 1.67. The van der Waals surface area contributed by atoms with E-state index in [2.05, 4.69) is 47.5 Å². The number of anilines is 1. The smallest absolute Gasteiger partial charge is 0.310 e.